The van der Waals surface area contributed by atoms with E-state index >= 15 is 0 Å². The fraction of sp³-hybridized carbons (Fsp3) is 0.150. The third kappa shape index (κ3) is 3.03. The topological polar surface area (TPSA) is 66.0 Å². The Morgan fingerprint density at radius 3 is 2.78 bits per heavy atom. The number of nitrogens with zero attached hydrogens (tertiary/aromatic N) is 4. The Bertz CT molecular complexity index is 1190. The number of halogens is 2. The zero-order chi connectivity index (χ0) is 19.0. The fourth-order valence-electron chi connectivity index (χ4n) is 3.29. The molecule has 0 atom stereocenters. The third-order valence-corrected chi connectivity index (χ3v) is 5.21. The lowest BCUT2D eigenvalue weighted by atomic mass is 10.0. The van der Waals surface area contributed by atoms with E-state index in [1.165, 1.54) is 0 Å². The second kappa shape index (κ2) is 7.18. The Morgan fingerprint density at radius 1 is 1.26 bits per heavy atom. The molecule has 3 heterocycles. The van der Waals surface area contributed by atoms with Crippen LogP contribution in [-0.4, -0.2) is 20.2 Å². The number of imidazole rings is 1. The molecule has 27 heavy (non-hydrogen) atoms. The normalized spacial score (nSPS) is 11.0. The zero-order valence-electron chi connectivity index (χ0n) is 14.5. The monoisotopic (exact) mass is 439 g/mol. The molecule has 0 fully saturated rings. The van der Waals surface area contributed by atoms with Gasteiger partial charge in [-0.2, -0.15) is 5.26 Å². The van der Waals surface area contributed by atoms with E-state index in [2.05, 4.69) is 32.3 Å². The van der Waals surface area contributed by atoms with Crippen molar-refractivity contribution in [2.24, 2.45) is 0 Å². The van der Waals surface area contributed by atoms with Gasteiger partial charge in [0.05, 0.1) is 16.6 Å². The number of hydrogen-bond acceptors (Lipinski definition) is 4. The van der Waals surface area contributed by atoms with Crippen LogP contribution >= 0.6 is 27.5 Å². The SMILES string of the molecule is Cc1c(CCCl)c(Nc2ccc(Br)cn2)n2c(nc3ccccc32)c1C#N. The first-order chi connectivity index (χ1) is 13.1. The van der Waals surface area contributed by atoms with E-state index in [4.69, 9.17) is 16.6 Å². The van der Waals surface area contributed by atoms with Crippen molar-refractivity contribution >= 4 is 55.8 Å². The van der Waals surface area contributed by atoms with Crippen molar-refractivity contribution in [1.82, 2.24) is 14.4 Å². The summed E-state index contributed by atoms with van der Waals surface area (Å²) in [4.78, 5) is 9.13. The highest BCUT2D eigenvalue weighted by Gasteiger charge is 2.20. The number of benzene rings is 1. The number of fused-ring (bicyclic) bond motifs is 3. The van der Waals surface area contributed by atoms with Crippen LogP contribution in [0.2, 0.25) is 0 Å². The quantitative estimate of drug-likeness (QED) is 0.434. The summed E-state index contributed by atoms with van der Waals surface area (Å²) < 4.78 is 2.90. The minimum absolute atomic E-state index is 0.451. The predicted octanol–water partition coefficient (Wildman–Crippen LogP) is 5.35. The highest BCUT2D eigenvalue weighted by molar-refractivity contribution is 9.10. The van der Waals surface area contributed by atoms with E-state index in [1.54, 1.807) is 6.20 Å². The van der Waals surface area contributed by atoms with Crippen LogP contribution in [0.25, 0.3) is 16.7 Å². The molecule has 4 rings (SSSR count). The summed E-state index contributed by atoms with van der Waals surface area (Å²) >= 11 is 9.49. The summed E-state index contributed by atoms with van der Waals surface area (Å²) in [5.41, 5.74) is 4.85. The molecule has 5 nitrogen and oxygen atoms in total. The lowest BCUT2D eigenvalue weighted by molar-refractivity contribution is 1.05. The van der Waals surface area contributed by atoms with Crippen LogP contribution in [0.5, 0.6) is 0 Å². The van der Waals surface area contributed by atoms with Crippen LogP contribution in [0.15, 0.2) is 47.1 Å². The van der Waals surface area contributed by atoms with E-state index < -0.39 is 0 Å². The van der Waals surface area contributed by atoms with Gasteiger partial charge in [0.2, 0.25) is 0 Å². The lowest BCUT2D eigenvalue weighted by Gasteiger charge is -2.18. The van der Waals surface area contributed by atoms with Crippen LogP contribution in [0.4, 0.5) is 11.6 Å². The highest BCUT2D eigenvalue weighted by atomic mass is 79.9. The number of alkyl halides is 1. The molecule has 3 aromatic heterocycles. The van der Waals surface area contributed by atoms with Crippen molar-refractivity contribution in [3.63, 3.8) is 0 Å². The van der Waals surface area contributed by atoms with Crippen molar-refractivity contribution in [3.05, 3.63) is 63.8 Å². The van der Waals surface area contributed by atoms with Gasteiger partial charge in [-0.1, -0.05) is 12.1 Å². The number of anilines is 2. The van der Waals surface area contributed by atoms with E-state index in [1.807, 2.05) is 47.7 Å². The van der Waals surface area contributed by atoms with Crippen molar-refractivity contribution < 1.29 is 0 Å². The summed E-state index contributed by atoms with van der Waals surface area (Å²) in [6.07, 6.45) is 2.37. The summed E-state index contributed by atoms with van der Waals surface area (Å²) in [6.45, 7) is 1.94. The number of nitrogens with one attached hydrogen (secondary N) is 1. The number of nitriles is 1. The van der Waals surface area contributed by atoms with Gasteiger partial charge < -0.3 is 5.32 Å². The van der Waals surface area contributed by atoms with Crippen LogP contribution in [0, 0.1) is 18.3 Å². The second-order valence-corrected chi connectivity index (χ2v) is 7.42. The molecular formula is C20H15BrClN5. The molecular weight excluding hydrogens is 426 g/mol. The van der Waals surface area contributed by atoms with Gasteiger partial charge in [-0.25, -0.2) is 9.97 Å². The molecule has 0 saturated heterocycles. The smallest absolute Gasteiger partial charge is 0.157 e. The lowest BCUT2D eigenvalue weighted by Crippen LogP contribution is -2.09. The summed E-state index contributed by atoms with van der Waals surface area (Å²) in [6, 6.07) is 14.0. The predicted molar refractivity (Wildman–Crippen MR) is 112 cm³/mol. The van der Waals surface area contributed by atoms with Crippen LogP contribution in [0.3, 0.4) is 0 Å². The van der Waals surface area contributed by atoms with Crippen LogP contribution in [-0.2, 0) is 6.42 Å². The highest BCUT2D eigenvalue weighted by Crippen LogP contribution is 2.33. The Balaban J connectivity index is 2.08. The van der Waals surface area contributed by atoms with E-state index in [0.717, 1.165) is 32.5 Å². The second-order valence-electron chi connectivity index (χ2n) is 6.12. The van der Waals surface area contributed by atoms with Gasteiger partial charge in [-0.05, 0) is 64.7 Å². The molecule has 0 bridgehead atoms. The van der Waals surface area contributed by atoms with Crippen molar-refractivity contribution in [2.45, 2.75) is 13.3 Å². The first kappa shape index (κ1) is 17.8. The van der Waals surface area contributed by atoms with Gasteiger partial charge in [0.1, 0.15) is 17.7 Å². The Kier molecular flexibility index (Phi) is 4.73. The zero-order valence-corrected chi connectivity index (χ0v) is 16.8. The number of para-hydroxylation sites is 2. The van der Waals surface area contributed by atoms with Crippen LogP contribution < -0.4 is 5.32 Å². The molecule has 0 aliphatic carbocycles. The van der Waals surface area contributed by atoms with Crippen molar-refractivity contribution in [1.29, 1.82) is 5.26 Å². The van der Waals surface area contributed by atoms with E-state index in [0.29, 0.717) is 29.3 Å². The standard InChI is InChI=1S/C20H15BrClN5/c1-12-14(8-9-22)19(26-18-7-6-13(21)11-24-18)27-17-5-3-2-4-16(17)25-20(27)15(12)10-23/h2-7,11H,8-9H2,1H3,(H,24,26). The third-order valence-electron chi connectivity index (χ3n) is 4.55. The fourth-order valence-corrected chi connectivity index (χ4v) is 3.71. The number of aromatic nitrogens is 3. The molecule has 1 aromatic carbocycles. The molecule has 0 aliphatic heterocycles. The molecule has 1 N–H and O–H groups in total. The maximum absolute atomic E-state index is 9.77. The molecule has 0 amide bonds. The van der Waals surface area contributed by atoms with Gasteiger partial charge in [-0.3, -0.25) is 4.40 Å². The number of hydrogen-bond donors (Lipinski definition) is 1. The van der Waals surface area contributed by atoms with Gasteiger partial charge in [0, 0.05) is 16.5 Å². The molecule has 134 valence electrons. The molecule has 0 radical (unpaired) electrons. The van der Waals surface area contributed by atoms with Gasteiger partial charge >= 0.3 is 0 Å². The molecule has 0 spiro atoms. The maximum atomic E-state index is 9.77. The first-order valence-electron chi connectivity index (χ1n) is 8.41. The molecule has 0 unspecified atom stereocenters. The average Bonchev–Trinajstić information content (AvgIpc) is 3.05. The van der Waals surface area contributed by atoms with E-state index in [9.17, 15) is 5.26 Å². The first-order valence-corrected chi connectivity index (χ1v) is 9.74. The van der Waals surface area contributed by atoms with Gasteiger partial charge in [0.15, 0.2) is 5.65 Å². The molecule has 4 aromatic rings. The van der Waals surface area contributed by atoms with E-state index in [-0.39, 0.29) is 0 Å². The maximum Gasteiger partial charge on any atom is 0.157 e. The van der Waals surface area contributed by atoms with Crippen molar-refractivity contribution in [3.8, 4) is 6.07 Å². The van der Waals surface area contributed by atoms with Gasteiger partial charge in [-0.15, -0.1) is 11.6 Å². The Morgan fingerprint density at radius 2 is 2.07 bits per heavy atom. The minimum atomic E-state index is 0.451. The van der Waals surface area contributed by atoms with Gasteiger partial charge in [0.25, 0.3) is 0 Å². The number of pyridine rings is 2. The summed E-state index contributed by atoms with van der Waals surface area (Å²) in [5.74, 6) is 2.00. The minimum Gasteiger partial charge on any atom is -0.326 e. The summed E-state index contributed by atoms with van der Waals surface area (Å²) in [5, 5.41) is 13.2. The largest absolute Gasteiger partial charge is 0.326 e. The molecule has 0 aliphatic rings. The summed E-state index contributed by atoms with van der Waals surface area (Å²) in [7, 11) is 0. The Hall–Kier alpha value is -2.62. The molecule has 0 saturated carbocycles. The van der Waals surface area contributed by atoms with Crippen molar-refractivity contribution in [2.75, 3.05) is 11.2 Å². The molecule has 7 heteroatoms. The Labute approximate surface area is 169 Å². The number of rotatable bonds is 4. The average molecular weight is 441 g/mol. The van der Waals surface area contributed by atoms with Crippen LogP contribution in [0.1, 0.15) is 16.7 Å².